The summed E-state index contributed by atoms with van der Waals surface area (Å²) in [6.45, 7) is 2.27. The largest absolute Gasteiger partial charge is 0.508 e. The lowest BCUT2D eigenvalue weighted by Gasteiger charge is -2.14. The fraction of sp³-hybridized carbons (Fsp3) is 0.364. The van der Waals surface area contributed by atoms with Crippen molar-refractivity contribution in [1.29, 1.82) is 0 Å². The third kappa shape index (κ3) is 5.14. The summed E-state index contributed by atoms with van der Waals surface area (Å²) in [4.78, 5) is 27.8. The maximum atomic E-state index is 12.2. The van der Waals surface area contributed by atoms with Gasteiger partial charge >= 0.3 is 12.2 Å². The molecular formula is C22H24N4O6. The Morgan fingerprint density at radius 2 is 1.97 bits per heavy atom. The molecule has 168 valence electrons. The Kier molecular flexibility index (Phi) is 6.81. The number of amides is 1. The van der Waals surface area contributed by atoms with E-state index in [2.05, 4.69) is 15.4 Å². The summed E-state index contributed by atoms with van der Waals surface area (Å²) < 4.78 is 22.8. The van der Waals surface area contributed by atoms with Gasteiger partial charge in [-0.25, -0.2) is 19.1 Å². The van der Waals surface area contributed by atoms with Crippen molar-refractivity contribution >= 4 is 23.6 Å². The van der Waals surface area contributed by atoms with Crippen LogP contribution in [0.5, 0.6) is 0 Å². The Balaban J connectivity index is 1.38. The van der Waals surface area contributed by atoms with E-state index in [4.69, 9.17) is 18.9 Å². The van der Waals surface area contributed by atoms with Crippen LogP contribution >= 0.6 is 0 Å². The maximum absolute atomic E-state index is 12.2. The highest BCUT2D eigenvalue weighted by Crippen LogP contribution is 2.34. The number of aromatic nitrogens is 3. The van der Waals surface area contributed by atoms with Crippen molar-refractivity contribution in [2.24, 2.45) is 0 Å². The standard InChI is InChI=1S/C22H24N4O6/c1-2-29-22(28)31-13-16-8-11-19(32-16)17-9-10-18-20(23-14-24-26(17)18)25-21(27)30-12-15-6-4-3-5-7-15/h3-7,9-10,14,16,19H,2,8,11-13H2,1H3,(H,23,24,25,27). The summed E-state index contributed by atoms with van der Waals surface area (Å²) in [6.07, 6.45) is 1.09. The number of carbonyl (C=O) groups is 2. The van der Waals surface area contributed by atoms with Crippen LogP contribution in [0, 0.1) is 0 Å². The predicted molar refractivity (Wildman–Crippen MR) is 113 cm³/mol. The van der Waals surface area contributed by atoms with Gasteiger partial charge in [0, 0.05) is 0 Å². The van der Waals surface area contributed by atoms with E-state index in [-0.39, 0.29) is 32.0 Å². The second-order valence-corrected chi connectivity index (χ2v) is 7.17. The molecule has 1 saturated heterocycles. The molecule has 0 radical (unpaired) electrons. The number of hydrogen-bond donors (Lipinski definition) is 1. The van der Waals surface area contributed by atoms with E-state index >= 15 is 0 Å². The lowest BCUT2D eigenvalue weighted by molar-refractivity contribution is -0.0164. The van der Waals surface area contributed by atoms with Crippen LogP contribution in [0.25, 0.3) is 5.52 Å². The molecule has 0 saturated carbocycles. The van der Waals surface area contributed by atoms with Crippen molar-refractivity contribution in [3.63, 3.8) is 0 Å². The molecule has 3 heterocycles. The van der Waals surface area contributed by atoms with Gasteiger partial charge in [-0.05, 0) is 37.5 Å². The maximum Gasteiger partial charge on any atom is 0.508 e. The average Bonchev–Trinajstić information content (AvgIpc) is 3.45. The number of ether oxygens (including phenoxy) is 4. The SMILES string of the molecule is CCOC(=O)OCC1CCC(c2ccc3c(NC(=O)OCc4ccccc4)ncnn23)O1. The Morgan fingerprint density at radius 1 is 1.12 bits per heavy atom. The first-order valence-corrected chi connectivity index (χ1v) is 10.4. The van der Waals surface area contributed by atoms with E-state index < -0.39 is 12.2 Å². The zero-order chi connectivity index (χ0) is 22.3. The van der Waals surface area contributed by atoms with Crippen LogP contribution in [0.4, 0.5) is 15.4 Å². The number of hydrogen-bond acceptors (Lipinski definition) is 8. The van der Waals surface area contributed by atoms with Crippen molar-refractivity contribution in [2.75, 3.05) is 18.5 Å². The highest BCUT2D eigenvalue weighted by Gasteiger charge is 2.30. The van der Waals surface area contributed by atoms with Gasteiger partial charge in [0.05, 0.1) is 18.4 Å². The lowest BCUT2D eigenvalue weighted by atomic mass is 10.1. The number of carbonyl (C=O) groups excluding carboxylic acids is 2. The van der Waals surface area contributed by atoms with Gasteiger partial charge in [-0.15, -0.1) is 0 Å². The molecule has 10 heteroatoms. The van der Waals surface area contributed by atoms with Crippen LogP contribution < -0.4 is 5.32 Å². The van der Waals surface area contributed by atoms with Crippen LogP contribution in [0.2, 0.25) is 0 Å². The molecule has 32 heavy (non-hydrogen) atoms. The molecule has 0 bridgehead atoms. The summed E-state index contributed by atoms with van der Waals surface area (Å²) in [5.74, 6) is 0.338. The summed E-state index contributed by atoms with van der Waals surface area (Å²) >= 11 is 0. The molecule has 2 unspecified atom stereocenters. The number of benzene rings is 1. The van der Waals surface area contributed by atoms with Crippen LogP contribution in [-0.2, 0) is 25.6 Å². The van der Waals surface area contributed by atoms with Gasteiger partial charge in [-0.1, -0.05) is 30.3 Å². The fourth-order valence-corrected chi connectivity index (χ4v) is 3.52. The zero-order valence-corrected chi connectivity index (χ0v) is 17.6. The topological polar surface area (TPSA) is 113 Å². The Labute approximate surface area is 184 Å². The van der Waals surface area contributed by atoms with Crippen molar-refractivity contribution < 1.29 is 28.5 Å². The predicted octanol–water partition coefficient (Wildman–Crippen LogP) is 3.87. The minimum Gasteiger partial charge on any atom is -0.444 e. The van der Waals surface area contributed by atoms with E-state index in [9.17, 15) is 9.59 Å². The summed E-state index contributed by atoms with van der Waals surface area (Å²) in [7, 11) is 0. The molecule has 1 fully saturated rings. The summed E-state index contributed by atoms with van der Waals surface area (Å²) in [5, 5.41) is 6.97. The molecule has 2 atom stereocenters. The molecule has 4 rings (SSSR count). The van der Waals surface area contributed by atoms with Crippen molar-refractivity contribution in [3.8, 4) is 0 Å². The Hall–Kier alpha value is -3.66. The van der Waals surface area contributed by atoms with E-state index in [1.165, 1.54) is 6.33 Å². The van der Waals surface area contributed by atoms with Crippen molar-refractivity contribution in [3.05, 3.63) is 60.0 Å². The van der Waals surface area contributed by atoms with Gasteiger partial charge in [0.2, 0.25) is 0 Å². The number of rotatable bonds is 7. The molecule has 1 aliphatic rings. The second kappa shape index (κ2) is 10.1. The Bertz CT molecular complexity index is 1070. The quantitative estimate of drug-likeness (QED) is 0.551. The van der Waals surface area contributed by atoms with E-state index in [1.807, 2.05) is 42.5 Å². The highest BCUT2D eigenvalue weighted by atomic mass is 16.7. The van der Waals surface area contributed by atoms with Gasteiger partial charge in [-0.2, -0.15) is 5.10 Å². The first-order valence-electron chi connectivity index (χ1n) is 10.4. The van der Waals surface area contributed by atoms with E-state index in [1.54, 1.807) is 11.4 Å². The molecule has 1 N–H and O–H groups in total. The van der Waals surface area contributed by atoms with Gasteiger partial charge in [0.25, 0.3) is 0 Å². The van der Waals surface area contributed by atoms with E-state index in [0.717, 1.165) is 24.1 Å². The molecular weight excluding hydrogens is 416 g/mol. The molecule has 10 nitrogen and oxygen atoms in total. The smallest absolute Gasteiger partial charge is 0.444 e. The second-order valence-electron chi connectivity index (χ2n) is 7.17. The highest BCUT2D eigenvalue weighted by molar-refractivity contribution is 5.88. The number of fused-ring (bicyclic) bond motifs is 1. The van der Waals surface area contributed by atoms with Crippen molar-refractivity contribution in [2.45, 2.75) is 38.6 Å². The van der Waals surface area contributed by atoms with Crippen LogP contribution in [-0.4, -0.2) is 46.2 Å². The molecule has 0 spiro atoms. The summed E-state index contributed by atoms with van der Waals surface area (Å²) in [6, 6.07) is 13.1. The molecule has 1 amide bonds. The number of anilines is 1. The normalized spacial score (nSPS) is 17.8. The Morgan fingerprint density at radius 3 is 2.78 bits per heavy atom. The third-order valence-electron chi connectivity index (χ3n) is 5.00. The number of nitrogens with one attached hydrogen (secondary N) is 1. The minimum absolute atomic E-state index is 0.133. The third-order valence-corrected chi connectivity index (χ3v) is 5.00. The van der Waals surface area contributed by atoms with Gasteiger partial charge in [-0.3, -0.25) is 5.32 Å². The van der Waals surface area contributed by atoms with Crippen LogP contribution in [0.15, 0.2) is 48.8 Å². The fourth-order valence-electron chi connectivity index (χ4n) is 3.52. The van der Waals surface area contributed by atoms with Crippen LogP contribution in [0.3, 0.4) is 0 Å². The minimum atomic E-state index is -0.699. The van der Waals surface area contributed by atoms with Gasteiger partial charge in [0.1, 0.15) is 31.2 Å². The molecule has 2 aromatic heterocycles. The number of nitrogens with zero attached hydrogens (tertiary/aromatic N) is 3. The molecule has 0 aliphatic carbocycles. The molecule has 1 aliphatic heterocycles. The zero-order valence-electron chi connectivity index (χ0n) is 17.6. The monoisotopic (exact) mass is 440 g/mol. The van der Waals surface area contributed by atoms with Crippen molar-refractivity contribution in [1.82, 2.24) is 14.6 Å². The lowest BCUT2D eigenvalue weighted by Crippen LogP contribution is -2.19. The first-order chi connectivity index (χ1) is 15.6. The average molecular weight is 440 g/mol. The summed E-state index contributed by atoms with van der Waals surface area (Å²) in [5.41, 5.74) is 2.33. The molecule has 1 aromatic carbocycles. The first kappa shape index (κ1) is 21.6. The van der Waals surface area contributed by atoms with Gasteiger partial charge in [0.15, 0.2) is 5.82 Å². The molecule has 3 aromatic rings. The van der Waals surface area contributed by atoms with Crippen LogP contribution in [0.1, 0.15) is 37.1 Å². The van der Waals surface area contributed by atoms with E-state index in [0.29, 0.717) is 11.3 Å². The van der Waals surface area contributed by atoms with Gasteiger partial charge < -0.3 is 18.9 Å².